The third-order valence-electron chi connectivity index (χ3n) is 12.7. The van der Waals surface area contributed by atoms with Crippen molar-refractivity contribution in [3.63, 3.8) is 0 Å². The molecular weight excluding hydrogens is 912 g/mol. The molecular formula is C36H60O30. The summed E-state index contributed by atoms with van der Waals surface area (Å²) in [5, 5.41) is 196. The number of rotatable bonds is 6. The quantitative estimate of drug-likeness (QED) is 0.117. The standard InChI is InChI=1S/C36H60O30/c37-1-7-25-13(43)19(49)31(55-7)62-26-8(2-38)57-33(21(51)15(26)45)64-28-10(4-40)59-35(23(53)17(28)47)66-30-12(6-42)60-36(24(54)18(30)48)65-29-11(5-41)58-34(22(52)16(29)46)63-27-9(3-39)56-32(61-25)20(50)14(27)44/h7-54H,1-6H2/t7-,8-,9-,10-,11-,12-,13-,14-,15-,16-,17-,18?,19-,20-,21-,22-,23-,24-,25-,26-,27-,28-,29-,30-,31?,32?,33?,34?,35?,36?/m1/s1. The zero-order valence-corrected chi connectivity index (χ0v) is 34.5. The summed E-state index contributed by atoms with van der Waals surface area (Å²) in [6.07, 6.45) is -58.5. The van der Waals surface area contributed by atoms with Gasteiger partial charge in [-0.3, -0.25) is 0 Å². The van der Waals surface area contributed by atoms with Crippen molar-refractivity contribution in [2.75, 3.05) is 39.6 Å². The monoisotopic (exact) mass is 972 g/mol. The van der Waals surface area contributed by atoms with Gasteiger partial charge >= 0.3 is 0 Å². The van der Waals surface area contributed by atoms with E-state index in [2.05, 4.69) is 0 Å². The highest BCUT2D eigenvalue weighted by Gasteiger charge is 2.58. The normalized spacial score (nSPS) is 55.4. The van der Waals surface area contributed by atoms with Crippen LogP contribution in [0, 0.1) is 0 Å². The fraction of sp³-hybridized carbons (Fsp3) is 1.00. The second kappa shape index (κ2) is 22.1. The van der Waals surface area contributed by atoms with Gasteiger partial charge in [-0.1, -0.05) is 0 Å². The molecule has 0 aliphatic carbocycles. The van der Waals surface area contributed by atoms with E-state index in [1.54, 1.807) is 0 Å². The average molecular weight is 973 g/mol. The Hall–Kier alpha value is -1.20. The third kappa shape index (κ3) is 10.0. The molecule has 0 spiro atoms. The van der Waals surface area contributed by atoms with Gasteiger partial charge in [-0.05, 0) is 0 Å². The Morgan fingerprint density at radius 3 is 0.409 bits per heavy atom. The maximum atomic E-state index is 11.2. The summed E-state index contributed by atoms with van der Waals surface area (Å²) >= 11 is 0. The van der Waals surface area contributed by atoms with Crippen molar-refractivity contribution in [1.82, 2.24) is 0 Å². The van der Waals surface area contributed by atoms with Gasteiger partial charge in [0.1, 0.15) is 146 Å². The highest BCUT2D eigenvalue weighted by molar-refractivity contribution is 5.01. The molecule has 66 heavy (non-hydrogen) atoms. The fourth-order valence-electron chi connectivity index (χ4n) is 8.93. The molecule has 22 aliphatic heterocycles. The van der Waals surface area contributed by atoms with Crippen LogP contribution in [-0.4, -0.2) is 316 Å². The SMILES string of the molecule is OC[C@H]1OC2O[C@H]3[C@H](O)[C@@H](O)C(O[C@H]4[C@H](O)[C@@H](O)C(O[C@H]5[C@H](O)[C@@H](O)C(O[C@H]6[C@H](O)[C@@H](O)C(O[C@@H]6CO)O[C@H]6C(O)[C@@H](O)C(O[C@H]1[C@H](O)[C@H]2O)O[C@@H]6CO)O[C@@H]5CO)O[C@@H]4CO)O[C@@H]3CO. The Bertz CT molecular complexity index is 1230. The molecule has 22 saturated heterocycles. The first-order chi connectivity index (χ1) is 31.4. The van der Waals surface area contributed by atoms with Crippen LogP contribution in [0.5, 0.6) is 0 Å². The van der Waals surface area contributed by atoms with Crippen molar-refractivity contribution in [3.8, 4) is 0 Å². The molecule has 0 saturated carbocycles. The van der Waals surface area contributed by atoms with Crippen molar-refractivity contribution in [2.24, 2.45) is 0 Å². The zero-order chi connectivity index (χ0) is 48.0. The molecule has 18 N–H and O–H groups in total. The molecule has 30 atom stereocenters. The lowest BCUT2D eigenvalue weighted by molar-refractivity contribution is -0.404. The van der Waals surface area contributed by atoms with Crippen LogP contribution < -0.4 is 0 Å². The summed E-state index contributed by atoms with van der Waals surface area (Å²) in [4.78, 5) is 0. The van der Waals surface area contributed by atoms with Crippen molar-refractivity contribution in [2.45, 2.75) is 184 Å². The molecule has 22 heterocycles. The van der Waals surface area contributed by atoms with Gasteiger partial charge in [-0.15, -0.1) is 0 Å². The molecule has 0 amide bonds. The van der Waals surface area contributed by atoms with E-state index >= 15 is 0 Å². The van der Waals surface area contributed by atoms with Gasteiger partial charge in [-0.25, -0.2) is 0 Å². The Labute approximate surface area is 372 Å². The average Bonchev–Trinajstić information content (AvgIpc) is 3.31. The molecule has 30 heteroatoms. The summed E-state index contributed by atoms with van der Waals surface area (Å²) in [5.74, 6) is 0. The number of hydrogen-bond acceptors (Lipinski definition) is 30. The maximum Gasteiger partial charge on any atom is 0.187 e. The van der Waals surface area contributed by atoms with E-state index in [1.807, 2.05) is 0 Å². The molecule has 30 nitrogen and oxygen atoms in total. The lowest BCUT2D eigenvalue weighted by atomic mass is 9.94. The smallest absolute Gasteiger partial charge is 0.187 e. The van der Waals surface area contributed by atoms with Crippen LogP contribution in [0.25, 0.3) is 0 Å². The summed E-state index contributed by atoms with van der Waals surface area (Å²) in [5.41, 5.74) is 0. The molecule has 384 valence electrons. The van der Waals surface area contributed by atoms with E-state index in [9.17, 15) is 91.9 Å². The van der Waals surface area contributed by atoms with E-state index in [0.29, 0.717) is 0 Å². The Balaban J connectivity index is 1.19. The highest BCUT2D eigenvalue weighted by atomic mass is 16.8. The molecule has 22 fully saturated rings. The van der Waals surface area contributed by atoms with Crippen LogP contribution in [0.2, 0.25) is 0 Å². The van der Waals surface area contributed by atoms with E-state index in [0.717, 1.165) is 0 Å². The van der Waals surface area contributed by atoms with E-state index in [-0.39, 0.29) is 0 Å². The van der Waals surface area contributed by atoms with E-state index in [4.69, 9.17) is 56.8 Å². The number of aliphatic hydroxyl groups excluding tert-OH is 18. The van der Waals surface area contributed by atoms with Crippen LogP contribution >= 0.6 is 0 Å². The van der Waals surface area contributed by atoms with Crippen LogP contribution in [-0.2, 0) is 56.8 Å². The van der Waals surface area contributed by atoms with Gasteiger partial charge < -0.3 is 149 Å². The predicted octanol–water partition coefficient (Wildman–Crippen LogP) is -13.1. The van der Waals surface area contributed by atoms with Gasteiger partial charge in [-0.2, -0.15) is 0 Å². The van der Waals surface area contributed by atoms with Gasteiger partial charge in [0.25, 0.3) is 0 Å². The molecule has 7 unspecified atom stereocenters. The molecule has 22 aliphatic rings. The minimum atomic E-state index is -2.15. The minimum Gasteiger partial charge on any atom is -0.394 e. The number of aliphatic hydroxyl groups is 18. The largest absolute Gasteiger partial charge is 0.394 e. The molecule has 0 aromatic carbocycles. The maximum absolute atomic E-state index is 11.2. The second-order valence-electron chi connectivity index (χ2n) is 16.8. The van der Waals surface area contributed by atoms with Gasteiger partial charge in [0.05, 0.1) is 39.6 Å². The van der Waals surface area contributed by atoms with Crippen LogP contribution in [0.15, 0.2) is 0 Å². The molecule has 12 bridgehead atoms. The molecule has 0 radical (unpaired) electrons. The number of ether oxygens (including phenoxy) is 12. The lowest BCUT2D eigenvalue weighted by Gasteiger charge is -2.50. The second-order valence-corrected chi connectivity index (χ2v) is 16.8. The Morgan fingerprint density at radius 2 is 0.303 bits per heavy atom. The Morgan fingerprint density at radius 1 is 0.182 bits per heavy atom. The summed E-state index contributed by atoms with van der Waals surface area (Å²) < 4.78 is 67.9. The van der Waals surface area contributed by atoms with Gasteiger partial charge in [0.15, 0.2) is 37.7 Å². The first-order valence-electron chi connectivity index (χ1n) is 21.1. The van der Waals surface area contributed by atoms with Crippen LogP contribution in [0.3, 0.4) is 0 Å². The van der Waals surface area contributed by atoms with Crippen molar-refractivity contribution in [1.29, 1.82) is 0 Å². The minimum absolute atomic E-state index is 0.999. The van der Waals surface area contributed by atoms with Crippen molar-refractivity contribution in [3.05, 3.63) is 0 Å². The fourth-order valence-corrected chi connectivity index (χ4v) is 8.93. The van der Waals surface area contributed by atoms with E-state index < -0.39 is 224 Å². The first-order valence-corrected chi connectivity index (χ1v) is 21.1. The van der Waals surface area contributed by atoms with E-state index in [1.165, 1.54) is 0 Å². The van der Waals surface area contributed by atoms with Crippen LogP contribution in [0.1, 0.15) is 0 Å². The highest BCUT2D eigenvalue weighted by Crippen LogP contribution is 2.38. The zero-order valence-electron chi connectivity index (χ0n) is 34.5. The van der Waals surface area contributed by atoms with Gasteiger partial charge in [0, 0.05) is 0 Å². The lowest BCUT2D eigenvalue weighted by Crippen LogP contribution is -2.69. The summed E-state index contributed by atoms with van der Waals surface area (Å²) in [6, 6.07) is 0. The molecule has 0 aromatic rings. The topological polar surface area (TPSA) is 475 Å². The number of hydrogen-bond donors (Lipinski definition) is 18. The third-order valence-corrected chi connectivity index (χ3v) is 12.7. The summed E-state index contributed by atoms with van der Waals surface area (Å²) in [6.45, 7) is -5.99. The van der Waals surface area contributed by atoms with Crippen molar-refractivity contribution >= 4 is 0 Å². The first kappa shape index (κ1) is 52.6. The van der Waals surface area contributed by atoms with Crippen molar-refractivity contribution < 1.29 is 149 Å². The predicted molar refractivity (Wildman–Crippen MR) is 196 cm³/mol. The molecule has 0 aromatic heterocycles. The van der Waals surface area contributed by atoms with Crippen LogP contribution in [0.4, 0.5) is 0 Å². The Kier molecular flexibility index (Phi) is 17.6. The van der Waals surface area contributed by atoms with Gasteiger partial charge in [0.2, 0.25) is 0 Å². The summed E-state index contributed by atoms with van der Waals surface area (Å²) in [7, 11) is 0. The molecule has 22 rings (SSSR count).